The monoisotopic (exact) mass is 891 g/mol. The molecule has 0 atom stereocenters. The van der Waals surface area contributed by atoms with E-state index in [9.17, 15) is 18.8 Å². The Balaban J connectivity index is 0.000000118. The summed E-state index contributed by atoms with van der Waals surface area (Å²) in [5, 5.41) is 17.3. The Bertz CT molecular complexity index is 3840. The summed E-state index contributed by atoms with van der Waals surface area (Å²) in [6.07, 6.45) is 6.48. The van der Waals surface area contributed by atoms with Crippen molar-refractivity contribution >= 4 is 99.0 Å². The van der Waals surface area contributed by atoms with Crippen molar-refractivity contribution in [1.29, 1.82) is 0 Å². The topological polar surface area (TPSA) is 127 Å². The van der Waals surface area contributed by atoms with Crippen LogP contribution in [-0.2, 0) is 0 Å². The third-order valence-electron chi connectivity index (χ3n) is 12.7. The quantitative estimate of drug-likeness (QED) is 0.101. The molecule has 6 aromatic carbocycles. The number of halogens is 1. The number of benzene rings is 6. The van der Waals surface area contributed by atoms with E-state index in [2.05, 4.69) is 102 Å². The Morgan fingerprint density at radius 3 is 1.57 bits per heavy atom. The standard InChI is InChI=1S/C19H16FNO2.2C19H17NO2/c1-10-9-19(2,3)21-14-6-5-12-13-8-11(20)4-7-15(13)23-18(22)17(12)16(10)14;1-11-10-19(2,3)20-16-9-17-15(8-14(11)16)12-6-4-5-7-13(12)18(21)22-17;1-11-10-19(2,3)20-15-9-8-13-12-6-4-5-7-14(12)18(21)22-17(13)16(11)15/h4-9,21H,1-3H3;2*4-10,20H,1-3H3. The van der Waals surface area contributed by atoms with Crippen molar-refractivity contribution in [2.45, 2.75) is 78.9 Å². The summed E-state index contributed by atoms with van der Waals surface area (Å²) in [7, 11) is 0. The van der Waals surface area contributed by atoms with Crippen LogP contribution in [0.3, 0.4) is 0 Å². The highest BCUT2D eigenvalue weighted by Crippen LogP contribution is 2.42. The molecule has 0 radical (unpaired) electrons. The molecule has 9 nitrogen and oxygen atoms in total. The highest BCUT2D eigenvalue weighted by atomic mass is 19.1. The molecule has 0 amide bonds. The fraction of sp³-hybridized carbons (Fsp3) is 0.211. The minimum absolute atomic E-state index is 0.109. The van der Waals surface area contributed by atoms with Crippen LogP contribution in [0.25, 0.3) is 81.9 Å². The average Bonchev–Trinajstić information content (AvgIpc) is 3.25. The molecule has 0 bridgehead atoms. The molecule has 12 rings (SSSR count). The van der Waals surface area contributed by atoms with E-state index in [1.807, 2.05) is 79.7 Å². The average molecular weight is 892 g/mol. The zero-order chi connectivity index (χ0) is 47.3. The molecule has 6 heterocycles. The summed E-state index contributed by atoms with van der Waals surface area (Å²) < 4.78 is 30.3. The van der Waals surface area contributed by atoms with Crippen molar-refractivity contribution in [3.05, 3.63) is 175 Å². The van der Waals surface area contributed by atoms with Crippen molar-refractivity contribution in [3.63, 3.8) is 0 Å². The van der Waals surface area contributed by atoms with Gasteiger partial charge in [-0.05, 0) is 144 Å². The molecule has 0 spiro atoms. The van der Waals surface area contributed by atoms with Gasteiger partial charge in [-0.3, -0.25) is 0 Å². The zero-order valence-corrected chi connectivity index (χ0v) is 38.9. The van der Waals surface area contributed by atoms with Crippen molar-refractivity contribution in [3.8, 4) is 0 Å². The number of hydrogen-bond acceptors (Lipinski definition) is 9. The fourth-order valence-corrected chi connectivity index (χ4v) is 10.3. The van der Waals surface area contributed by atoms with Crippen LogP contribution in [0.5, 0.6) is 0 Å². The number of allylic oxidation sites excluding steroid dienone is 3. The Morgan fingerprint density at radius 1 is 0.433 bits per heavy atom. The van der Waals surface area contributed by atoms with Crippen LogP contribution in [0.1, 0.15) is 79.0 Å². The third kappa shape index (κ3) is 7.66. The lowest BCUT2D eigenvalue weighted by molar-refractivity contribution is 0.566. The SMILES string of the molecule is CC1=CC(C)(C)Nc2cc3oc(=O)c4ccccc4c3cc21.CC1=CC(C)(C)Nc2ccc3c(c21)c(=O)oc1ccc(F)cc13.CC1=CC(C)(C)Nc2ccc3c(oc(=O)c4ccccc43)c21. The van der Waals surface area contributed by atoms with Gasteiger partial charge in [0.25, 0.3) is 0 Å². The van der Waals surface area contributed by atoms with Crippen LogP contribution >= 0.6 is 0 Å². The number of nitrogens with one attached hydrogen (secondary N) is 3. The molecule has 9 aromatic rings. The Morgan fingerprint density at radius 2 is 0.925 bits per heavy atom. The first-order valence-corrected chi connectivity index (χ1v) is 22.4. The summed E-state index contributed by atoms with van der Waals surface area (Å²) in [6.45, 7) is 18.8. The van der Waals surface area contributed by atoms with Gasteiger partial charge >= 0.3 is 16.9 Å². The van der Waals surface area contributed by atoms with E-state index in [4.69, 9.17) is 13.3 Å². The summed E-state index contributed by atoms with van der Waals surface area (Å²) in [4.78, 5) is 37.0. The van der Waals surface area contributed by atoms with E-state index in [0.717, 1.165) is 66.4 Å². The van der Waals surface area contributed by atoms with Crippen LogP contribution < -0.4 is 32.8 Å². The van der Waals surface area contributed by atoms with E-state index in [-0.39, 0.29) is 33.7 Å². The highest BCUT2D eigenvalue weighted by Gasteiger charge is 2.28. The van der Waals surface area contributed by atoms with Gasteiger partial charge in [-0.25, -0.2) is 18.8 Å². The second kappa shape index (κ2) is 15.4. The molecule has 0 unspecified atom stereocenters. The highest BCUT2D eigenvalue weighted by molar-refractivity contribution is 6.12. The molecule has 0 fully saturated rings. The van der Waals surface area contributed by atoms with Crippen LogP contribution in [0, 0.1) is 5.82 Å². The molecule has 3 N–H and O–H groups in total. The minimum atomic E-state index is -0.398. The number of fused-ring (bicyclic) bond motifs is 14. The molecule has 336 valence electrons. The van der Waals surface area contributed by atoms with Gasteiger partial charge in [-0.1, -0.05) is 60.7 Å². The van der Waals surface area contributed by atoms with Crippen molar-refractivity contribution < 1.29 is 17.6 Å². The number of hydrogen-bond donors (Lipinski definition) is 3. The first-order chi connectivity index (χ1) is 31.8. The van der Waals surface area contributed by atoms with Gasteiger partial charge in [0, 0.05) is 61.4 Å². The molecular formula is C57H50FN3O6. The fourth-order valence-electron chi connectivity index (χ4n) is 10.3. The van der Waals surface area contributed by atoms with E-state index in [0.29, 0.717) is 43.7 Å². The van der Waals surface area contributed by atoms with E-state index in [1.165, 1.54) is 23.8 Å². The van der Waals surface area contributed by atoms with Gasteiger partial charge in [-0.15, -0.1) is 0 Å². The first kappa shape index (κ1) is 43.2. The minimum Gasteiger partial charge on any atom is -0.422 e. The van der Waals surface area contributed by atoms with Crippen LogP contribution in [-0.4, -0.2) is 16.6 Å². The molecule has 3 aromatic heterocycles. The van der Waals surface area contributed by atoms with E-state index in [1.54, 1.807) is 0 Å². The predicted molar refractivity (Wildman–Crippen MR) is 274 cm³/mol. The lowest BCUT2D eigenvalue weighted by Gasteiger charge is -2.31. The maximum Gasteiger partial charge on any atom is 0.344 e. The zero-order valence-electron chi connectivity index (χ0n) is 38.9. The van der Waals surface area contributed by atoms with Crippen LogP contribution in [0.15, 0.2) is 149 Å². The van der Waals surface area contributed by atoms with Gasteiger partial charge in [0.05, 0.1) is 32.8 Å². The molecular weight excluding hydrogens is 842 g/mol. The lowest BCUT2D eigenvalue weighted by Crippen LogP contribution is -2.31. The van der Waals surface area contributed by atoms with E-state index >= 15 is 0 Å². The molecule has 3 aliphatic rings. The van der Waals surface area contributed by atoms with Crippen molar-refractivity contribution in [2.24, 2.45) is 0 Å². The molecule has 0 aliphatic carbocycles. The Labute approximate surface area is 385 Å². The summed E-state index contributed by atoms with van der Waals surface area (Å²) in [5.74, 6) is -0.350. The second-order valence-corrected chi connectivity index (χ2v) is 19.6. The summed E-state index contributed by atoms with van der Waals surface area (Å²) in [6, 6.07) is 31.3. The van der Waals surface area contributed by atoms with Gasteiger partial charge < -0.3 is 29.2 Å². The van der Waals surface area contributed by atoms with E-state index < -0.39 is 5.63 Å². The maximum absolute atomic E-state index is 13.6. The van der Waals surface area contributed by atoms with Gasteiger partial charge in [-0.2, -0.15) is 0 Å². The molecule has 3 aliphatic heterocycles. The predicted octanol–water partition coefficient (Wildman–Crippen LogP) is 13.8. The lowest BCUT2D eigenvalue weighted by atomic mass is 9.88. The van der Waals surface area contributed by atoms with Crippen molar-refractivity contribution in [1.82, 2.24) is 0 Å². The Hall–Kier alpha value is -7.72. The molecule has 67 heavy (non-hydrogen) atoms. The van der Waals surface area contributed by atoms with Gasteiger partial charge in [0.15, 0.2) is 0 Å². The second-order valence-electron chi connectivity index (χ2n) is 19.6. The van der Waals surface area contributed by atoms with Crippen LogP contribution in [0.2, 0.25) is 0 Å². The third-order valence-corrected chi connectivity index (χ3v) is 12.7. The largest absolute Gasteiger partial charge is 0.422 e. The summed E-state index contributed by atoms with van der Waals surface area (Å²) >= 11 is 0. The number of anilines is 3. The molecule has 0 saturated heterocycles. The first-order valence-electron chi connectivity index (χ1n) is 22.4. The molecule has 10 heteroatoms. The van der Waals surface area contributed by atoms with Crippen molar-refractivity contribution in [2.75, 3.05) is 16.0 Å². The summed E-state index contributed by atoms with van der Waals surface area (Å²) in [5.41, 5.74) is 9.58. The van der Waals surface area contributed by atoms with Crippen LogP contribution in [0.4, 0.5) is 21.5 Å². The van der Waals surface area contributed by atoms with Gasteiger partial charge in [0.2, 0.25) is 0 Å². The Kier molecular flexibility index (Phi) is 9.95. The molecule has 0 saturated carbocycles. The smallest absolute Gasteiger partial charge is 0.344 e. The maximum atomic E-state index is 13.6. The normalized spacial score (nSPS) is 16.2. The van der Waals surface area contributed by atoms with Gasteiger partial charge in [0.1, 0.15) is 22.6 Å². The number of rotatable bonds is 0.